The molecule has 0 unspecified atom stereocenters. The molecule has 1 aromatic carbocycles. The first-order chi connectivity index (χ1) is 7.91. The Morgan fingerprint density at radius 1 is 1.41 bits per heavy atom. The third-order valence-corrected chi connectivity index (χ3v) is 2.83. The minimum absolute atomic E-state index is 0.00292. The number of nitrogens with zero attached hydrogens (tertiary/aromatic N) is 1. The molecule has 0 aromatic heterocycles. The van der Waals surface area contributed by atoms with Crippen molar-refractivity contribution in [2.75, 3.05) is 19.3 Å². The lowest BCUT2D eigenvalue weighted by molar-refractivity contribution is 0.0790. The number of aryl methyl sites for hydroxylation is 1. The molecule has 0 spiro atoms. The minimum atomic E-state index is 0.00292. The molecule has 1 rings (SSSR count). The molecule has 3 nitrogen and oxygen atoms in total. The SMILES string of the molecule is Cc1ccc(C(=O)N(C)CCC(C)C)c(N)c1. The normalized spacial score (nSPS) is 10.6. The van der Waals surface area contributed by atoms with E-state index in [1.807, 2.05) is 26.1 Å². The predicted molar refractivity (Wildman–Crippen MR) is 72.0 cm³/mol. The van der Waals surface area contributed by atoms with E-state index >= 15 is 0 Å². The number of nitrogen functional groups attached to an aromatic ring is 1. The standard InChI is InChI=1S/C14H22N2O/c1-10(2)7-8-16(4)14(17)12-6-5-11(3)9-13(12)15/h5-6,9-10H,7-8,15H2,1-4H3. The van der Waals surface area contributed by atoms with Gasteiger partial charge in [0.2, 0.25) is 0 Å². The topological polar surface area (TPSA) is 46.3 Å². The second-order valence-electron chi connectivity index (χ2n) is 5.00. The highest BCUT2D eigenvalue weighted by Gasteiger charge is 2.14. The van der Waals surface area contributed by atoms with E-state index in [9.17, 15) is 4.79 Å². The van der Waals surface area contributed by atoms with Gasteiger partial charge in [-0.15, -0.1) is 0 Å². The molecule has 0 bridgehead atoms. The number of rotatable bonds is 4. The first kappa shape index (κ1) is 13.6. The molecule has 17 heavy (non-hydrogen) atoms. The van der Waals surface area contributed by atoms with Crippen LogP contribution in [0.15, 0.2) is 18.2 Å². The Kier molecular flexibility index (Phi) is 4.55. The highest BCUT2D eigenvalue weighted by atomic mass is 16.2. The Morgan fingerprint density at radius 3 is 2.59 bits per heavy atom. The molecule has 0 atom stereocenters. The molecule has 1 aromatic rings. The number of carbonyl (C=O) groups excluding carboxylic acids is 1. The van der Waals surface area contributed by atoms with Gasteiger partial charge in [0.25, 0.3) is 5.91 Å². The first-order valence-corrected chi connectivity index (χ1v) is 6.03. The van der Waals surface area contributed by atoms with Crippen molar-refractivity contribution in [2.45, 2.75) is 27.2 Å². The highest BCUT2D eigenvalue weighted by molar-refractivity contribution is 5.99. The maximum atomic E-state index is 12.1. The Balaban J connectivity index is 2.75. The van der Waals surface area contributed by atoms with Crippen LogP contribution in [0.3, 0.4) is 0 Å². The predicted octanol–water partition coefficient (Wildman–Crippen LogP) is 2.70. The lowest BCUT2D eigenvalue weighted by Crippen LogP contribution is -2.29. The Morgan fingerprint density at radius 2 is 2.06 bits per heavy atom. The summed E-state index contributed by atoms with van der Waals surface area (Å²) in [4.78, 5) is 13.9. The average Bonchev–Trinajstić information content (AvgIpc) is 2.25. The van der Waals surface area contributed by atoms with Crippen molar-refractivity contribution in [1.82, 2.24) is 4.90 Å². The number of nitrogens with two attached hydrogens (primary N) is 1. The molecule has 2 N–H and O–H groups in total. The number of anilines is 1. The van der Waals surface area contributed by atoms with Gasteiger partial charge in [-0.25, -0.2) is 0 Å². The molecule has 1 amide bonds. The van der Waals surface area contributed by atoms with Gasteiger partial charge in [0.15, 0.2) is 0 Å². The van der Waals surface area contributed by atoms with Crippen LogP contribution in [0.2, 0.25) is 0 Å². The molecule has 0 saturated carbocycles. The summed E-state index contributed by atoms with van der Waals surface area (Å²) >= 11 is 0. The zero-order valence-electron chi connectivity index (χ0n) is 11.2. The van der Waals surface area contributed by atoms with Crippen LogP contribution in [0.25, 0.3) is 0 Å². The third kappa shape index (κ3) is 3.77. The smallest absolute Gasteiger partial charge is 0.255 e. The Hall–Kier alpha value is -1.51. The number of carbonyl (C=O) groups is 1. The fourth-order valence-electron chi connectivity index (χ4n) is 1.64. The molecule has 0 aliphatic rings. The van der Waals surface area contributed by atoms with E-state index in [1.165, 1.54) is 0 Å². The average molecular weight is 234 g/mol. The van der Waals surface area contributed by atoms with E-state index < -0.39 is 0 Å². The second-order valence-corrected chi connectivity index (χ2v) is 5.00. The summed E-state index contributed by atoms with van der Waals surface area (Å²) in [5, 5.41) is 0. The van der Waals surface area contributed by atoms with E-state index in [2.05, 4.69) is 13.8 Å². The van der Waals surface area contributed by atoms with Gasteiger partial charge in [-0.2, -0.15) is 0 Å². The van der Waals surface area contributed by atoms with Gasteiger partial charge in [-0.3, -0.25) is 4.79 Å². The van der Waals surface area contributed by atoms with Gasteiger partial charge < -0.3 is 10.6 Å². The van der Waals surface area contributed by atoms with Gasteiger partial charge in [0.1, 0.15) is 0 Å². The quantitative estimate of drug-likeness (QED) is 0.814. The van der Waals surface area contributed by atoms with E-state index in [4.69, 9.17) is 5.73 Å². The van der Waals surface area contributed by atoms with Crippen LogP contribution in [0.5, 0.6) is 0 Å². The van der Waals surface area contributed by atoms with E-state index in [0.29, 0.717) is 17.2 Å². The van der Waals surface area contributed by atoms with Crippen LogP contribution < -0.4 is 5.73 Å². The molecule has 0 fully saturated rings. The van der Waals surface area contributed by atoms with Gasteiger partial charge in [0.05, 0.1) is 5.56 Å². The second kappa shape index (κ2) is 5.71. The molecule has 3 heteroatoms. The fourth-order valence-corrected chi connectivity index (χ4v) is 1.64. The summed E-state index contributed by atoms with van der Waals surface area (Å²) in [7, 11) is 1.82. The summed E-state index contributed by atoms with van der Waals surface area (Å²) < 4.78 is 0. The molecule has 94 valence electrons. The summed E-state index contributed by atoms with van der Waals surface area (Å²) in [6.45, 7) is 7.04. The number of amides is 1. The van der Waals surface area contributed by atoms with Crippen LogP contribution in [-0.4, -0.2) is 24.4 Å². The van der Waals surface area contributed by atoms with Crippen molar-refractivity contribution in [1.29, 1.82) is 0 Å². The molecular formula is C14H22N2O. The Bertz CT molecular complexity index is 399. The molecule has 0 aliphatic heterocycles. The molecular weight excluding hydrogens is 212 g/mol. The lowest BCUT2D eigenvalue weighted by atomic mass is 10.1. The van der Waals surface area contributed by atoms with Crippen LogP contribution in [-0.2, 0) is 0 Å². The van der Waals surface area contributed by atoms with Gasteiger partial charge >= 0.3 is 0 Å². The van der Waals surface area contributed by atoms with Crippen LogP contribution in [0.1, 0.15) is 36.2 Å². The van der Waals surface area contributed by atoms with Crippen molar-refractivity contribution >= 4 is 11.6 Å². The number of hydrogen-bond donors (Lipinski definition) is 1. The lowest BCUT2D eigenvalue weighted by Gasteiger charge is -2.19. The van der Waals surface area contributed by atoms with Crippen LogP contribution in [0, 0.1) is 12.8 Å². The summed E-state index contributed by atoms with van der Waals surface area (Å²) in [5.74, 6) is 0.601. The van der Waals surface area contributed by atoms with Crippen molar-refractivity contribution in [2.24, 2.45) is 5.92 Å². The fraction of sp³-hybridized carbons (Fsp3) is 0.500. The minimum Gasteiger partial charge on any atom is -0.398 e. The third-order valence-electron chi connectivity index (χ3n) is 2.83. The van der Waals surface area contributed by atoms with E-state index in [0.717, 1.165) is 18.5 Å². The summed E-state index contributed by atoms with van der Waals surface area (Å²) in [6, 6.07) is 5.56. The molecule has 0 heterocycles. The Labute approximate surface area is 104 Å². The van der Waals surface area contributed by atoms with Crippen molar-refractivity contribution < 1.29 is 4.79 Å². The van der Waals surface area contributed by atoms with Gasteiger partial charge in [-0.05, 0) is 37.0 Å². The van der Waals surface area contributed by atoms with Gasteiger partial charge in [-0.1, -0.05) is 19.9 Å². The van der Waals surface area contributed by atoms with Crippen LogP contribution >= 0.6 is 0 Å². The highest BCUT2D eigenvalue weighted by Crippen LogP contribution is 2.16. The maximum absolute atomic E-state index is 12.1. The number of benzene rings is 1. The molecule has 0 saturated heterocycles. The van der Waals surface area contributed by atoms with Crippen LogP contribution in [0.4, 0.5) is 5.69 Å². The summed E-state index contributed by atoms with van der Waals surface area (Å²) in [6.07, 6.45) is 1.01. The monoisotopic (exact) mass is 234 g/mol. The summed E-state index contributed by atoms with van der Waals surface area (Å²) in [5.41, 5.74) is 8.10. The zero-order chi connectivity index (χ0) is 13.0. The van der Waals surface area contributed by atoms with E-state index in [-0.39, 0.29) is 5.91 Å². The number of hydrogen-bond acceptors (Lipinski definition) is 2. The van der Waals surface area contributed by atoms with Crippen molar-refractivity contribution in [3.63, 3.8) is 0 Å². The molecule has 0 aliphatic carbocycles. The van der Waals surface area contributed by atoms with Gasteiger partial charge in [0, 0.05) is 19.3 Å². The zero-order valence-corrected chi connectivity index (χ0v) is 11.2. The van der Waals surface area contributed by atoms with Crippen molar-refractivity contribution in [3.8, 4) is 0 Å². The van der Waals surface area contributed by atoms with E-state index in [1.54, 1.807) is 11.0 Å². The largest absolute Gasteiger partial charge is 0.398 e. The first-order valence-electron chi connectivity index (χ1n) is 6.03. The maximum Gasteiger partial charge on any atom is 0.255 e. The van der Waals surface area contributed by atoms with Crippen molar-refractivity contribution in [3.05, 3.63) is 29.3 Å². The molecule has 0 radical (unpaired) electrons.